The molecule has 3 rings (SSSR count). The number of amides is 2. The molecule has 29 heavy (non-hydrogen) atoms. The summed E-state index contributed by atoms with van der Waals surface area (Å²) >= 11 is 0. The summed E-state index contributed by atoms with van der Waals surface area (Å²) in [6.45, 7) is 17.5. The van der Waals surface area contributed by atoms with E-state index in [9.17, 15) is 9.59 Å². The van der Waals surface area contributed by atoms with E-state index in [0.717, 1.165) is 32.7 Å². The van der Waals surface area contributed by atoms with Crippen molar-refractivity contribution < 1.29 is 9.59 Å². The highest BCUT2D eigenvalue weighted by Crippen LogP contribution is 2.27. The Labute approximate surface area is 176 Å². The first-order valence-electron chi connectivity index (χ1n) is 10.9. The Bertz CT molecular complexity index is 735. The lowest BCUT2D eigenvalue weighted by molar-refractivity contribution is -0.137. The fraction of sp³-hybridized carbons (Fsp3) is 0.667. The zero-order chi connectivity index (χ0) is 21.4. The fourth-order valence-electron chi connectivity index (χ4n) is 4.27. The minimum Gasteiger partial charge on any atom is -0.340 e. The van der Waals surface area contributed by atoms with Crippen molar-refractivity contribution in [1.82, 2.24) is 14.7 Å². The van der Waals surface area contributed by atoms with Gasteiger partial charge in [0.15, 0.2) is 0 Å². The van der Waals surface area contributed by atoms with Gasteiger partial charge in [0.05, 0.1) is 5.92 Å². The van der Waals surface area contributed by atoms with Crippen LogP contribution in [0.3, 0.4) is 0 Å². The molecule has 0 N–H and O–H groups in total. The molecule has 0 aromatic heterocycles. The second kappa shape index (κ2) is 8.10. The zero-order valence-corrected chi connectivity index (χ0v) is 19.0. The van der Waals surface area contributed by atoms with Gasteiger partial charge in [-0.3, -0.25) is 14.5 Å². The van der Waals surface area contributed by atoms with Crippen LogP contribution >= 0.6 is 0 Å². The molecular weight excluding hydrogens is 362 g/mol. The second-order valence-electron chi connectivity index (χ2n) is 10.6. The number of piperazine rings is 1. The van der Waals surface area contributed by atoms with Gasteiger partial charge in [0, 0.05) is 51.2 Å². The summed E-state index contributed by atoms with van der Waals surface area (Å²) in [5, 5.41) is 0. The van der Waals surface area contributed by atoms with Crippen molar-refractivity contribution in [2.45, 2.75) is 65.5 Å². The van der Waals surface area contributed by atoms with Gasteiger partial charge in [0.2, 0.25) is 11.8 Å². The maximum absolute atomic E-state index is 12.9. The van der Waals surface area contributed by atoms with Crippen LogP contribution in [-0.2, 0) is 21.5 Å². The number of rotatable bonds is 3. The summed E-state index contributed by atoms with van der Waals surface area (Å²) in [4.78, 5) is 31.5. The number of hydrogen-bond acceptors (Lipinski definition) is 3. The first-order valence-corrected chi connectivity index (χ1v) is 10.9. The van der Waals surface area contributed by atoms with E-state index in [4.69, 9.17) is 0 Å². The lowest BCUT2D eigenvalue weighted by Crippen LogP contribution is -2.50. The highest BCUT2D eigenvalue weighted by atomic mass is 16.2. The first kappa shape index (κ1) is 21.8. The van der Waals surface area contributed by atoms with E-state index in [1.807, 2.05) is 30.6 Å². The molecule has 0 saturated carbocycles. The predicted octanol–water partition coefficient (Wildman–Crippen LogP) is 3.28. The Morgan fingerprint density at radius 3 is 2.03 bits per heavy atom. The number of benzene rings is 1. The van der Waals surface area contributed by atoms with Crippen LogP contribution in [0.25, 0.3) is 0 Å². The van der Waals surface area contributed by atoms with Gasteiger partial charge in [-0.2, -0.15) is 0 Å². The van der Waals surface area contributed by atoms with Crippen LogP contribution in [-0.4, -0.2) is 64.8 Å². The first-order chi connectivity index (χ1) is 13.4. The maximum Gasteiger partial charge on any atom is 0.228 e. The Morgan fingerprint density at radius 2 is 1.55 bits per heavy atom. The van der Waals surface area contributed by atoms with Crippen molar-refractivity contribution in [2.75, 3.05) is 32.7 Å². The highest BCUT2D eigenvalue weighted by Gasteiger charge is 2.41. The molecule has 5 nitrogen and oxygen atoms in total. The molecule has 2 amide bonds. The summed E-state index contributed by atoms with van der Waals surface area (Å²) in [7, 11) is 0. The van der Waals surface area contributed by atoms with Gasteiger partial charge in [0.25, 0.3) is 0 Å². The van der Waals surface area contributed by atoms with Crippen LogP contribution in [0.15, 0.2) is 24.3 Å². The van der Waals surface area contributed by atoms with Gasteiger partial charge in [-0.05, 0) is 37.3 Å². The van der Waals surface area contributed by atoms with Crippen molar-refractivity contribution in [3.63, 3.8) is 0 Å². The normalized spacial score (nSPS) is 21.7. The fourth-order valence-corrected chi connectivity index (χ4v) is 4.27. The zero-order valence-electron chi connectivity index (χ0n) is 19.0. The molecule has 2 heterocycles. The van der Waals surface area contributed by atoms with Gasteiger partial charge >= 0.3 is 0 Å². The third-order valence-electron chi connectivity index (χ3n) is 6.19. The second-order valence-corrected chi connectivity index (χ2v) is 10.6. The van der Waals surface area contributed by atoms with Crippen LogP contribution in [0.5, 0.6) is 0 Å². The standard InChI is InChI=1S/C24H37N3O2/c1-23(2,3)20-9-7-18(8-10-20)16-25-11-13-26(14-12-25)22(29)19-15-21(28)27(17-19)24(4,5)6/h7-10,19H,11-17H2,1-6H3. The molecule has 0 bridgehead atoms. The highest BCUT2D eigenvalue weighted by molar-refractivity contribution is 5.89. The molecule has 0 aliphatic carbocycles. The molecule has 1 aromatic carbocycles. The van der Waals surface area contributed by atoms with Gasteiger partial charge in [-0.25, -0.2) is 0 Å². The molecular formula is C24H37N3O2. The van der Waals surface area contributed by atoms with Crippen molar-refractivity contribution in [3.8, 4) is 0 Å². The Balaban J connectivity index is 1.50. The smallest absolute Gasteiger partial charge is 0.228 e. The molecule has 5 heteroatoms. The largest absolute Gasteiger partial charge is 0.340 e. The van der Waals surface area contributed by atoms with Crippen LogP contribution < -0.4 is 0 Å². The van der Waals surface area contributed by atoms with Crippen molar-refractivity contribution >= 4 is 11.8 Å². The minimum atomic E-state index is -0.215. The lowest BCUT2D eigenvalue weighted by Gasteiger charge is -2.36. The molecule has 1 aromatic rings. The average Bonchev–Trinajstić information content (AvgIpc) is 3.04. The van der Waals surface area contributed by atoms with Gasteiger partial charge in [-0.1, -0.05) is 45.0 Å². The Morgan fingerprint density at radius 1 is 0.966 bits per heavy atom. The van der Waals surface area contributed by atoms with E-state index in [-0.39, 0.29) is 28.7 Å². The summed E-state index contributed by atoms with van der Waals surface area (Å²) in [5.74, 6) is 0.0747. The summed E-state index contributed by atoms with van der Waals surface area (Å²) in [5.41, 5.74) is 2.63. The SMILES string of the molecule is CC(C)(C)c1ccc(CN2CCN(C(=O)C3CC(=O)N(C(C)(C)C)C3)CC2)cc1. The third kappa shape index (κ3) is 5.19. The Kier molecular flexibility index (Phi) is 6.09. The van der Waals surface area contributed by atoms with E-state index >= 15 is 0 Å². The van der Waals surface area contributed by atoms with Crippen LogP contribution in [0.1, 0.15) is 59.1 Å². The number of nitrogens with zero attached hydrogens (tertiary/aromatic N) is 3. The number of carbonyl (C=O) groups is 2. The van der Waals surface area contributed by atoms with Crippen LogP contribution in [0, 0.1) is 5.92 Å². The van der Waals surface area contributed by atoms with E-state index in [0.29, 0.717) is 13.0 Å². The Hall–Kier alpha value is -1.88. The van der Waals surface area contributed by atoms with E-state index < -0.39 is 0 Å². The minimum absolute atomic E-state index is 0.105. The molecule has 1 unspecified atom stereocenters. The summed E-state index contributed by atoms with van der Waals surface area (Å²) in [6.07, 6.45) is 0.358. The monoisotopic (exact) mass is 399 g/mol. The number of carbonyl (C=O) groups excluding carboxylic acids is 2. The molecule has 2 fully saturated rings. The summed E-state index contributed by atoms with van der Waals surface area (Å²) < 4.78 is 0. The van der Waals surface area contributed by atoms with Gasteiger partial charge in [-0.15, -0.1) is 0 Å². The number of likely N-dealkylation sites (tertiary alicyclic amines) is 1. The molecule has 0 spiro atoms. The van der Waals surface area contributed by atoms with Crippen LogP contribution in [0.2, 0.25) is 0 Å². The van der Waals surface area contributed by atoms with Crippen molar-refractivity contribution in [3.05, 3.63) is 35.4 Å². The van der Waals surface area contributed by atoms with Crippen molar-refractivity contribution in [2.24, 2.45) is 5.92 Å². The van der Waals surface area contributed by atoms with E-state index in [1.54, 1.807) is 0 Å². The molecule has 2 saturated heterocycles. The van der Waals surface area contributed by atoms with E-state index in [2.05, 4.69) is 49.9 Å². The quantitative estimate of drug-likeness (QED) is 0.784. The van der Waals surface area contributed by atoms with E-state index in [1.165, 1.54) is 11.1 Å². The average molecular weight is 400 g/mol. The topological polar surface area (TPSA) is 43.9 Å². The lowest BCUT2D eigenvalue weighted by atomic mass is 9.87. The molecule has 160 valence electrons. The molecule has 1 atom stereocenters. The summed E-state index contributed by atoms with van der Waals surface area (Å²) in [6, 6.07) is 8.91. The molecule has 2 aliphatic rings. The number of hydrogen-bond donors (Lipinski definition) is 0. The van der Waals surface area contributed by atoms with Crippen molar-refractivity contribution in [1.29, 1.82) is 0 Å². The predicted molar refractivity (Wildman–Crippen MR) is 117 cm³/mol. The van der Waals surface area contributed by atoms with Gasteiger partial charge < -0.3 is 9.80 Å². The van der Waals surface area contributed by atoms with Crippen LogP contribution in [0.4, 0.5) is 0 Å². The third-order valence-corrected chi connectivity index (χ3v) is 6.19. The molecule has 0 radical (unpaired) electrons. The molecule has 2 aliphatic heterocycles. The maximum atomic E-state index is 12.9. The van der Waals surface area contributed by atoms with Gasteiger partial charge in [0.1, 0.15) is 0 Å².